The molecule has 2 aromatic carbocycles. The minimum Gasteiger partial charge on any atom is -0.303 e. The fraction of sp³-hybridized carbons (Fsp3) is 0.333. The molecule has 0 spiro atoms. The molecule has 0 aromatic heterocycles. The lowest BCUT2D eigenvalue weighted by molar-refractivity contribution is 0.104. The summed E-state index contributed by atoms with van der Waals surface area (Å²) in [7, 11) is -4.23. The zero-order chi connectivity index (χ0) is 16.5. The number of hydrogen-bond donors (Lipinski definition) is 2. The summed E-state index contributed by atoms with van der Waals surface area (Å²) in [6, 6.07) is 20.8. The van der Waals surface area contributed by atoms with Crippen LogP contribution in [0, 0.1) is 0 Å². The standard InChI is InChI=1S/C12H10.C6H13O4P/c1-3-7-11(8-4-1)12-9-5-2-6-10-12;7-11(8,9)10-6-4-2-1-3-5-6/h1-10H;6H,1-5H2,(H2,7,8,9). The highest BCUT2D eigenvalue weighted by Crippen LogP contribution is 2.40. The van der Waals surface area contributed by atoms with Crippen LogP contribution in [0.3, 0.4) is 0 Å². The SMILES string of the molecule is O=P(O)(O)OC1CCCCC1.c1ccc(-c2ccccc2)cc1. The summed E-state index contributed by atoms with van der Waals surface area (Å²) < 4.78 is 14.9. The predicted octanol–water partition coefficient (Wildman–Crippen LogP) is 4.78. The van der Waals surface area contributed by atoms with Gasteiger partial charge in [-0.3, -0.25) is 4.52 Å². The van der Waals surface area contributed by atoms with Gasteiger partial charge in [-0.15, -0.1) is 0 Å². The summed E-state index contributed by atoms with van der Waals surface area (Å²) in [6.07, 6.45) is 4.54. The predicted molar refractivity (Wildman–Crippen MR) is 91.9 cm³/mol. The summed E-state index contributed by atoms with van der Waals surface area (Å²) in [5, 5.41) is 0. The van der Waals surface area contributed by atoms with Gasteiger partial charge in [0, 0.05) is 0 Å². The Bertz CT molecular complexity index is 566. The first-order valence-electron chi connectivity index (χ1n) is 7.89. The minimum atomic E-state index is -4.23. The molecule has 1 fully saturated rings. The van der Waals surface area contributed by atoms with E-state index in [1.54, 1.807) is 0 Å². The number of hydrogen-bond acceptors (Lipinski definition) is 2. The Morgan fingerprint density at radius 2 is 1.22 bits per heavy atom. The molecule has 4 nitrogen and oxygen atoms in total. The molecule has 1 aliphatic carbocycles. The highest BCUT2D eigenvalue weighted by atomic mass is 31.2. The van der Waals surface area contributed by atoms with E-state index in [4.69, 9.17) is 9.79 Å². The molecule has 0 saturated heterocycles. The first-order chi connectivity index (χ1) is 11.0. The number of phosphoric ester groups is 1. The summed E-state index contributed by atoms with van der Waals surface area (Å²) in [5.74, 6) is 0. The average molecular weight is 334 g/mol. The first-order valence-corrected chi connectivity index (χ1v) is 9.42. The molecule has 124 valence electrons. The molecular formula is C18H23O4P. The van der Waals surface area contributed by atoms with E-state index in [-0.39, 0.29) is 6.10 Å². The summed E-state index contributed by atoms with van der Waals surface area (Å²) in [5.41, 5.74) is 2.55. The van der Waals surface area contributed by atoms with E-state index in [0.29, 0.717) is 0 Å². The largest absolute Gasteiger partial charge is 0.469 e. The number of benzene rings is 2. The molecule has 0 aliphatic heterocycles. The van der Waals surface area contributed by atoms with E-state index < -0.39 is 7.82 Å². The van der Waals surface area contributed by atoms with Crippen LogP contribution in [-0.4, -0.2) is 15.9 Å². The van der Waals surface area contributed by atoms with Crippen LogP contribution in [0.2, 0.25) is 0 Å². The lowest BCUT2D eigenvalue weighted by Crippen LogP contribution is -2.14. The average Bonchev–Trinajstić information content (AvgIpc) is 2.56. The Labute approximate surface area is 137 Å². The van der Waals surface area contributed by atoms with Crippen molar-refractivity contribution in [2.45, 2.75) is 38.2 Å². The van der Waals surface area contributed by atoms with Gasteiger partial charge in [0.1, 0.15) is 0 Å². The first kappa shape index (κ1) is 17.9. The summed E-state index contributed by atoms with van der Waals surface area (Å²) >= 11 is 0. The van der Waals surface area contributed by atoms with E-state index in [9.17, 15) is 4.57 Å². The van der Waals surface area contributed by atoms with Gasteiger partial charge in [-0.05, 0) is 24.0 Å². The minimum absolute atomic E-state index is 0.218. The van der Waals surface area contributed by atoms with Crippen LogP contribution in [-0.2, 0) is 9.09 Å². The molecule has 23 heavy (non-hydrogen) atoms. The van der Waals surface area contributed by atoms with E-state index in [1.807, 2.05) is 12.1 Å². The van der Waals surface area contributed by atoms with Crippen molar-refractivity contribution in [2.24, 2.45) is 0 Å². The van der Waals surface area contributed by atoms with E-state index in [2.05, 4.69) is 53.1 Å². The third kappa shape index (κ3) is 7.10. The Hall–Kier alpha value is -1.45. The van der Waals surface area contributed by atoms with Gasteiger partial charge >= 0.3 is 7.82 Å². The van der Waals surface area contributed by atoms with Crippen LogP contribution in [0.5, 0.6) is 0 Å². The van der Waals surface area contributed by atoms with Crippen molar-refractivity contribution in [1.29, 1.82) is 0 Å². The van der Waals surface area contributed by atoms with Crippen LogP contribution in [0.4, 0.5) is 0 Å². The number of rotatable bonds is 3. The van der Waals surface area contributed by atoms with Crippen LogP contribution in [0.1, 0.15) is 32.1 Å². The van der Waals surface area contributed by atoms with Crippen molar-refractivity contribution < 1.29 is 18.9 Å². The number of phosphoric acid groups is 1. The van der Waals surface area contributed by atoms with E-state index >= 15 is 0 Å². The normalized spacial score (nSPS) is 15.6. The van der Waals surface area contributed by atoms with Gasteiger partial charge in [0.15, 0.2) is 0 Å². The topological polar surface area (TPSA) is 66.8 Å². The van der Waals surface area contributed by atoms with Crippen LogP contribution in [0.25, 0.3) is 11.1 Å². The highest BCUT2D eigenvalue weighted by Gasteiger charge is 2.23. The molecule has 0 atom stereocenters. The Morgan fingerprint density at radius 3 is 1.61 bits per heavy atom. The van der Waals surface area contributed by atoms with Crippen molar-refractivity contribution in [3.63, 3.8) is 0 Å². The summed E-state index contributed by atoms with van der Waals surface area (Å²) in [6.45, 7) is 0. The smallest absolute Gasteiger partial charge is 0.303 e. The van der Waals surface area contributed by atoms with Crippen LogP contribution >= 0.6 is 7.82 Å². The van der Waals surface area contributed by atoms with Gasteiger partial charge in [0.05, 0.1) is 6.10 Å². The Kier molecular flexibility index (Phi) is 7.00. The Balaban J connectivity index is 0.000000168. The zero-order valence-corrected chi connectivity index (χ0v) is 13.9. The van der Waals surface area contributed by atoms with Crippen molar-refractivity contribution in [3.8, 4) is 11.1 Å². The molecule has 1 saturated carbocycles. The Morgan fingerprint density at radius 1 is 0.783 bits per heavy atom. The van der Waals surface area contributed by atoms with E-state index in [0.717, 1.165) is 32.1 Å². The van der Waals surface area contributed by atoms with E-state index in [1.165, 1.54) is 11.1 Å². The maximum atomic E-state index is 10.4. The van der Waals surface area contributed by atoms with Gasteiger partial charge in [-0.2, -0.15) is 0 Å². The van der Waals surface area contributed by atoms with Crippen molar-refractivity contribution in [1.82, 2.24) is 0 Å². The second-order valence-electron chi connectivity index (χ2n) is 5.59. The van der Waals surface area contributed by atoms with Crippen molar-refractivity contribution in [2.75, 3.05) is 0 Å². The maximum absolute atomic E-state index is 10.4. The fourth-order valence-electron chi connectivity index (χ4n) is 2.63. The quantitative estimate of drug-likeness (QED) is 0.793. The molecule has 1 aliphatic rings. The molecule has 0 unspecified atom stereocenters. The summed E-state index contributed by atoms with van der Waals surface area (Å²) in [4.78, 5) is 16.9. The molecule has 2 aromatic rings. The molecule has 2 N–H and O–H groups in total. The third-order valence-corrected chi connectivity index (χ3v) is 4.29. The van der Waals surface area contributed by atoms with Gasteiger partial charge in [0.25, 0.3) is 0 Å². The molecule has 0 amide bonds. The molecular weight excluding hydrogens is 311 g/mol. The molecule has 5 heteroatoms. The van der Waals surface area contributed by atoms with Crippen LogP contribution < -0.4 is 0 Å². The maximum Gasteiger partial charge on any atom is 0.469 e. The third-order valence-electron chi connectivity index (χ3n) is 3.72. The molecule has 3 rings (SSSR count). The molecule has 0 bridgehead atoms. The second kappa shape index (κ2) is 8.99. The van der Waals surface area contributed by atoms with Gasteiger partial charge in [-0.25, -0.2) is 4.57 Å². The lowest BCUT2D eigenvalue weighted by Gasteiger charge is -2.21. The molecule has 0 heterocycles. The fourth-order valence-corrected chi connectivity index (χ4v) is 3.23. The van der Waals surface area contributed by atoms with Crippen LogP contribution in [0.15, 0.2) is 60.7 Å². The highest BCUT2D eigenvalue weighted by molar-refractivity contribution is 7.46. The monoisotopic (exact) mass is 334 g/mol. The zero-order valence-electron chi connectivity index (χ0n) is 13.0. The lowest BCUT2D eigenvalue weighted by atomic mass is 9.98. The van der Waals surface area contributed by atoms with Crippen molar-refractivity contribution in [3.05, 3.63) is 60.7 Å². The van der Waals surface area contributed by atoms with Gasteiger partial charge < -0.3 is 9.79 Å². The van der Waals surface area contributed by atoms with Gasteiger partial charge in [0.2, 0.25) is 0 Å². The second-order valence-corrected chi connectivity index (χ2v) is 6.78. The van der Waals surface area contributed by atoms with Gasteiger partial charge in [-0.1, -0.05) is 79.9 Å². The molecule has 0 radical (unpaired) electrons. The van der Waals surface area contributed by atoms with Crippen molar-refractivity contribution >= 4 is 7.82 Å².